The van der Waals surface area contributed by atoms with Crippen LogP contribution in [-0.2, 0) is 6.54 Å². The smallest absolute Gasteiger partial charge is 0.323 e. The molecule has 5 aromatic rings. The lowest BCUT2D eigenvalue weighted by molar-refractivity contribution is 0.0952. The number of benzene rings is 1. The van der Waals surface area contributed by atoms with Crippen LogP contribution >= 0.6 is 0 Å². The van der Waals surface area contributed by atoms with Crippen molar-refractivity contribution < 1.29 is 4.79 Å². The van der Waals surface area contributed by atoms with Gasteiger partial charge in [0, 0.05) is 29.5 Å². The van der Waals surface area contributed by atoms with E-state index in [1.807, 2.05) is 39.8 Å². The van der Waals surface area contributed by atoms with E-state index >= 15 is 0 Å². The minimum atomic E-state index is -0.349. The van der Waals surface area contributed by atoms with Gasteiger partial charge in [-0.1, -0.05) is 0 Å². The summed E-state index contributed by atoms with van der Waals surface area (Å²) >= 11 is 0. The predicted molar refractivity (Wildman–Crippen MR) is 138 cm³/mol. The Balaban J connectivity index is 1.51. The summed E-state index contributed by atoms with van der Waals surface area (Å²) in [5, 5.41) is 11.1. The number of pyridine rings is 2. The Morgan fingerprint density at radius 2 is 1.83 bits per heavy atom. The number of rotatable bonds is 6. The van der Waals surface area contributed by atoms with Gasteiger partial charge in [0.1, 0.15) is 5.82 Å². The number of aryl methyl sites for hydroxylation is 2. The molecule has 0 atom stereocenters. The van der Waals surface area contributed by atoms with Crippen LogP contribution < -0.4 is 21.9 Å². The molecule has 11 heteroatoms. The molecule has 1 amide bonds. The number of nitrogens with one attached hydrogen (secondary N) is 5. The molecule has 0 aliphatic carbocycles. The number of carbonyl (C=O) groups is 1. The number of imidazole rings is 1. The molecule has 36 heavy (non-hydrogen) atoms. The number of carbonyl (C=O) groups excluding carboxylic acids is 1. The minimum absolute atomic E-state index is 0.0243. The summed E-state index contributed by atoms with van der Waals surface area (Å²) in [5.41, 5.74) is 4.53. The fraction of sp³-hybridized carbons (Fsp3) is 0.240. The number of H-pyrrole nitrogens is 3. The first-order chi connectivity index (χ1) is 17.2. The third-order valence-corrected chi connectivity index (χ3v) is 6.01. The van der Waals surface area contributed by atoms with E-state index in [-0.39, 0.29) is 29.7 Å². The first-order valence-electron chi connectivity index (χ1n) is 11.5. The number of aromatic amines is 3. The van der Waals surface area contributed by atoms with Crippen molar-refractivity contribution in [3.63, 3.8) is 0 Å². The van der Waals surface area contributed by atoms with Crippen LogP contribution in [0.1, 0.15) is 47.1 Å². The summed E-state index contributed by atoms with van der Waals surface area (Å²) in [4.78, 5) is 50.2. The Labute approximate surface area is 205 Å². The molecule has 184 valence electrons. The van der Waals surface area contributed by atoms with E-state index in [9.17, 15) is 14.4 Å². The zero-order valence-electron chi connectivity index (χ0n) is 20.3. The van der Waals surface area contributed by atoms with E-state index < -0.39 is 0 Å². The summed E-state index contributed by atoms with van der Waals surface area (Å²) < 4.78 is 1.75. The predicted octanol–water partition coefficient (Wildman–Crippen LogP) is 3.16. The van der Waals surface area contributed by atoms with Crippen molar-refractivity contribution in [1.82, 2.24) is 35.0 Å². The Hall–Kier alpha value is -4.67. The molecule has 5 N–H and O–H groups in total. The Kier molecular flexibility index (Phi) is 5.67. The van der Waals surface area contributed by atoms with Crippen LogP contribution in [0.3, 0.4) is 0 Å². The summed E-state index contributed by atoms with van der Waals surface area (Å²) in [6.45, 7) is 7.71. The molecule has 0 saturated heterocycles. The van der Waals surface area contributed by atoms with Crippen molar-refractivity contribution >= 4 is 39.5 Å². The summed E-state index contributed by atoms with van der Waals surface area (Å²) in [5.74, 6) is 0.0928. The quantitative estimate of drug-likeness (QED) is 0.248. The minimum Gasteiger partial charge on any atom is -0.348 e. The van der Waals surface area contributed by atoms with Gasteiger partial charge in [0.15, 0.2) is 5.65 Å². The average molecular weight is 487 g/mol. The maximum absolute atomic E-state index is 13.3. The van der Waals surface area contributed by atoms with Crippen molar-refractivity contribution in [3.8, 4) is 0 Å². The van der Waals surface area contributed by atoms with Crippen molar-refractivity contribution in [1.29, 1.82) is 0 Å². The van der Waals surface area contributed by atoms with Crippen molar-refractivity contribution in [3.05, 3.63) is 79.8 Å². The third kappa shape index (κ3) is 4.26. The lowest BCUT2D eigenvalue weighted by Gasteiger charge is -2.13. The molecule has 0 bridgehead atoms. The van der Waals surface area contributed by atoms with E-state index in [2.05, 4.69) is 30.7 Å². The fourth-order valence-corrected chi connectivity index (χ4v) is 4.27. The molecular weight excluding hydrogens is 460 g/mol. The Morgan fingerprint density at radius 1 is 1.06 bits per heavy atom. The first kappa shape index (κ1) is 23.1. The highest BCUT2D eigenvalue weighted by Crippen LogP contribution is 2.26. The molecule has 0 saturated carbocycles. The molecular formula is C25H26N8O3. The molecule has 0 aliphatic rings. The second-order valence-corrected chi connectivity index (χ2v) is 9.07. The highest BCUT2D eigenvalue weighted by molar-refractivity contribution is 6.06. The van der Waals surface area contributed by atoms with Crippen LogP contribution in [0.25, 0.3) is 22.1 Å². The molecule has 0 unspecified atom stereocenters. The number of aromatic nitrogens is 6. The summed E-state index contributed by atoms with van der Waals surface area (Å²) in [6.07, 6.45) is 1.63. The van der Waals surface area contributed by atoms with Gasteiger partial charge < -0.3 is 25.6 Å². The fourth-order valence-electron chi connectivity index (χ4n) is 4.27. The molecule has 0 spiro atoms. The van der Waals surface area contributed by atoms with E-state index in [0.717, 1.165) is 11.3 Å². The molecule has 4 aromatic heterocycles. The van der Waals surface area contributed by atoms with E-state index in [1.165, 1.54) is 0 Å². The van der Waals surface area contributed by atoms with Crippen molar-refractivity contribution in [2.24, 2.45) is 0 Å². The van der Waals surface area contributed by atoms with Crippen LogP contribution in [-0.4, -0.2) is 35.6 Å². The first-order valence-corrected chi connectivity index (χ1v) is 11.5. The van der Waals surface area contributed by atoms with Gasteiger partial charge in [0.2, 0.25) is 0 Å². The lowest BCUT2D eigenvalue weighted by atomic mass is 10.1. The maximum atomic E-state index is 13.3. The topological polar surface area (TPSA) is 153 Å². The molecule has 11 nitrogen and oxygen atoms in total. The van der Waals surface area contributed by atoms with Crippen LogP contribution in [0.5, 0.6) is 0 Å². The molecule has 5 rings (SSSR count). The standard InChI is InChI=1S/C25H26N8O3/c1-12(2)33-22-18(11-27-33)16(23(34)26-10-17-13(3)7-14(4)28-24(17)35)9-21(32-22)29-15-5-6-19-20(8-15)31-25(36)30-19/h5-9,11-12H,10H2,1-4H3,(H,26,34)(H,28,35)(H,29,32)(H2,30,31,36). The number of nitrogens with zero attached hydrogens (tertiary/aromatic N) is 3. The van der Waals surface area contributed by atoms with Gasteiger partial charge in [-0.2, -0.15) is 5.10 Å². The van der Waals surface area contributed by atoms with Crippen LogP contribution in [0.2, 0.25) is 0 Å². The monoisotopic (exact) mass is 486 g/mol. The van der Waals surface area contributed by atoms with Gasteiger partial charge in [-0.3, -0.25) is 9.59 Å². The number of fused-ring (bicyclic) bond motifs is 2. The maximum Gasteiger partial charge on any atom is 0.323 e. The van der Waals surface area contributed by atoms with Crippen molar-refractivity contribution in [2.75, 3.05) is 5.32 Å². The van der Waals surface area contributed by atoms with Gasteiger partial charge in [0.25, 0.3) is 11.5 Å². The second kappa shape index (κ2) is 8.84. The summed E-state index contributed by atoms with van der Waals surface area (Å²) in [7, 11) is 0. The van der Waals surface area contributed by atoms with Gasteiger partial charge in [-0.15, -0.1) is 0 Å². The van der Waals surface area contributed by atoms with Crippen LogP contribution in [0.4, 0.5) is 11.5 Å². The van der Waals surface area contributed by atoms with Gasteiger partial charge in [-0.25, -0.2) is 14.5 Å². The molecule has 1 aromatic carbocycles. The van der Waals surface area contributed by atoms with Crippen LogP contribution in [0, 0.1) is 13.8 Å². The van der Waals surface area contributed by atoms with E-state index in [0.29, 0.717) is 44.7 Å². The zero-order chi connectivity index (χ0) is 25.6. The Bertz CT molecular complexity index is 1740. The van der Waals surface area contributed by atoms with Crippen molar-refractivity contribution in [2.45, 2.75) is 40.3 Å². The number of hydrogen-bond acceptors (Lipinski definition) is 6. The van der Waals surface area contributed by atoms with E-state index in [1.54, 1.807) is 29.1 Å². The number of hydrogen-bond donors (Lipinski definition) is 5. The van der Waals surface area contributed by atoms with Crippen LogP contribution in [0.15, 0.2) is 46.1 Å². The van der Waals surface area contributed by atoms with E-state index in [4.69, 9.17) is 4.98 Å². The number of amides is 1. The van der Waals surface area contributed by atoms with Gasteiger partial charge >= 0.3 is 5.69 Å². The van der Waals surface area contributed by atoms with Gasteiger partial charge in [0.05, 0.1) is 28.2 Å². The molecule has 0 fully saturated rings. The summed E-state index contributed by atoms with van der Waals surface area (Å²) in [6, 6.07) is 8.92. The Morgan fingerprint density at radius 3 is 2.58 bits per heavy atom. The molecule has 4 heterocycles. The number of anilines is 2. The zero-order valence-corrected chi connectivity index (χ0v) is 20.3. The SMILES string of the molecule is Cc1cc(C)c(CNC(=O)c2cc(Nc3ccc4[nH]c(=O)[nH]c4c3)nc3c2cnn3C(C)C)c(=O)[nH]1. The highest BCUT2D eigenvalue weighted by Gasteiger charge is 2.19. The van der Waals surface area contributed by atoms with Gasteiger partial charge in [-0.05, 0) is 63.6 Å². The lowest BCUT2D eigenvalue weighted by Crippen LogP contribution is -2.28. The molecule has 0 radical (unpaired) electrons. The normalized spacial score (nSPS) is 11.5. The third-order valence-electron chi connectivity index (χ3n) is 6.01. The largest absolute Gasteiger partial charge is 0.348 e. The molecule has 0 aliphatic heterocycles. The highest BCUT2D eigenvalue weighted by atomic mass is 16.2. The average Bonchev–Trinajstić information content (AvgIpc) is 3.40. The second-order valence-electron chi connectivity index (χ2n) is 9.07.